The summed E-state index contributed by atoms with van der Waals surface area (Å²) in [5, 5.41) is 0. The van der Waals surface area contributed by atoms with Gasteiger partial charge in [-0.2, -0.15) is 0 Å². The Hall–Kier alpha value is -2.05. The third-order valence-electron chi connectivity index (χ3n) is 4.58. The number of carbonyl (C=O) groups excluding carboxylic acids is 1. The van der Waals surface area contributed by atoms with Crippen LogP contribution < -0.4 is 10.5 Å². The molecule has 0 saturated carbocycles. The van der Waals surface area contributed by atoms with Gasteiger partial charge in [0.2, 0.25) is 0 Å². The lowest BCUT2D eigenvalue weighted by molar-refractivity contribution is 0.169. The van der Waals surface area contributed by atoms with Crippen LogP contribution in [0.2, 0.25) is 0 Å². The Morgan fingerprint density at radius 3 is 2.55 bits per heavy atom. The third kappa shape index (κ3) is 2.80. The van der Waals surface area contributed by atoms with Crippen molar-refractivity contribution < 1.29 is 4.79 Å². The quantitative estimate of drug-likeness (QED) is 0.897. The number of likely N-dealkylation sites (N-methyl/N-ethyl adjacent to an activating group) is 1. The number of hydrogen-bond donors (Lipinski definition) is 1. The van der Waals surface area contributed by atoms with Gasteiger partial charge in [0.1, 0.15) is 11.6 Å². The second kappa shape index (κ2) is 5.98. The summed E-state index contributed by atoms with van der Waals surface area (Å²) >= 11 is 0. The van der Waals surface area contributed by atoms with Crippen LogP contribution in [0.4, 0.5) is 10.6 Å². The number of aryl methyl sites for hydroxylation is 1. The first-order valence-electron chi connectivity index (χ1n) is 7.97. The molecule has 2 aliphatic rings. The summed E-state index contributed by atoms with van der Waals surface area (Å²) in [4.78, 5) is 36.9. The number of aromatic nitrogens is 2. The van der Waals surface area contributed by atoms with Gasteiger partial charge in [-0.15, -0.1) is 0 Å². The fourth-order valence-corrected chi connectivity index (χ4v) is 3.37. The normalized spacial score (nSPS) is 20.1. The molecule has 7 nitrogen and oxygen atoms in total. The van der Waals surface area contributed by atoms with Crippen molar-refractivity contribution in [3.63, 3.8) is 0 Å². The van der Waals surface area contributed by atoms with Crippen LogP contribution in [0.25, 0.3) is 0 Å². The van der Waals surface area contributed by atoms with Crippen molar-refractivity contribution in [1.82, 2.24) is 19.8 Å². The highest BCUT2D eigenvalue weighted by atomic mass is 16.2. The zero-order valence-corrected chi connectivity index (χ0v) is 13.2. The summed E-state index contributed by atoms with van der Waals surface area (Å²) in [5.74, 6) is 1.38. The number of hydrogen-bond acceptors (Lipinski definition) is 4. The molecule has 0 bridgehead atoms. The molecule has 1 aromatic rings. The van der Waals surface area contributed by atoms with Gasteiger partial charge < -0.3 is 19.7 Å². The van der Waals surface area contributed by atoms with Gasteiger partial charge in [0.25, 0.3) is 5.56 Å². The van der Waals surface area contributed by atoms with E-state index >= 15 is 0 Å². The van der Waals surface area contributed by atoms with Crippen LogP contribution in [-0.4, -0.2) is 64.6 Å². The highest BCUT2D eigenvalue weighted by molar-refractivity contribution is 5.76. The first-order chi connectivity index (χ1) is 10.6. The summed E-state index contributed by atoms with van der Waals surface area (Å²) < 4.78 is 0. The van der Waals surface area contributed by atoms with E-state index in [4.69, 9.17) is 0 Å². The van der Waals surface area contributed by atoms with Crippen LogP contribution in [-0.2, 0) is 0 Å². The van der Waals surface area contributed by atoms with E-state index in [-0.39, 0.29) is 11.6 Å². The molecule has 120 valence electrons. The molecule has 0 aliphatic carbocycles. The minimum absolute atomic E-state index is 0.113. The standard InChI is InChI=1S/C15H23N5O2/c1-3-18-8-9-20(15(18)22)12-4-6-19(7-5-12)13-10-14(21)17-11(2)16-13/h10,12H,3-9H2,1-2H3,(H,16,17,21). The fraction of sp³-hybridized carbons (Fsp3) is 0.667. The predicted molar refractivity (Wildman–Crippen MR) is 84.2 cm³/mol. The molecule has 0 atom stereocenters. The number of anilines is 1. The van der Waals surface area contributed by atoms with Gasteiger partial charge in [0, 0.05) is 44.8 Å². The monoisotopic (exact) mass is 305 g/mol. The van der Waals surface area contributed by atoms with Crippen LogP contribution in [0.1, 0.15) is 25.6 Å². The van der Waals surface area contributed by atoms with E-state index in [0.717, 1.165) is 51.4 Å². The molecule has 2 aliphatic heterocycles. The molecule has 0 spiro atoms. The smallest absolute Gasteiger partial charge is 0.320 e. The highest BCUT2D eigenvalue weighted by Gasteiger charge is 2.34. The molecule has 3 heterocycles. The van der Waals surface area contributed by atoms with E-state index in [0.29, 0.717) is 11.9 Å². The molecule has 1 N–H and O–H groups in total. The Morgan fingerprint density at radius 2 is 1.95 bits per heavy atom. The number of aromatic amines is 1. The molecular formula is C15H23N5O2. The Bertz CT molecular complexity index is 606. The van der Waals surface area contributed by atoms with Crippen LogP contribution in [0.15, 0.2) is 10.9 Å². The Kier molecular flexibility index (Phi) is 4.04. The average molecular weight is 305 g/mol. The number of carbonyl (C=O) groups is 1. The summed E-state index contributed by atoms with van der Waals surface area (Å²) in [6.07, 6.45) is 1.85. The van der Waals surface area contributed by atoms with E-state index in [1.54, 1.807) is 13.0 Å². The molecule has 0 aromatic carbocycles. The molecule has 22 heavy (non-hydrogen) atoms. The molecule has 2 amide bonds. The molecular weight excluding hydrogens is 282 g/mol. The van der Waals surface area contributed by atoms with Crippen LogP contribution in [0.3, 0.4) is 0 Å². The van der Waals surface area contributed by atoms with Crippen molar-refractivity contribution in [3.8, 4) is 0 Å². The Labute approximate surface area is 129 Å². The van der Waals surface area contributed by atoms with Gasteiger partial charge in [0.15, 0.2) is 0 Å². The summed E-state index contributed by atoms with van der Waals surface area (Å²) in [7, 11) is 0. The topological polar surface area (TPSA) is 72.5 Å². The minimum atomic E-state index is -0.113. The second-order valence-electron chi connectivity index (χ2n) is 5.96. The van der Waals surface area contributed by atoms with Gasteiger partial charge in [-0.05, 0) is 26.7 Å². The summed E-state index contributed by atoms with van der Waals surface area (Å²) in [6, 6.07) is 2.03. The molecule has 7 heteroatoms. The summed E-state index contributed by atoms with van der Waals surface area (Å²) in [6.45, 7) is 7.92. The van der Waals surface area contributed by atoms with Crippen molar-refractivity contribution in [2.45, 2.75) is 32.7 Å². The first-order valence-corrected chi connectivity index (χ1v) is 7.97. The number of piperidine rings is 1. The lowest BCUT2D eigenvalue weighted by Crippen LogP contribution is -2.47. The van der Waals surface area contributed by atoms with E-state index in [1.807, 2.05) is 16.7 Å². The minimum Gasteiger partial charge on any atom is -0.356 e. The molecule has 1 aromatic heterocycles. The fourth-order valence-electron chi connectivity index (χ4n) is 3.37. The average Bonchev–Trinajstić information content (AvgIpc) is 2.87. The van der Waals surface area contributed by atoms with Crippen molar-refractivity contribution in [2.75, 3.05) is 37.6 Å². The van der Waals surface area contributed by atoms with Crippen LogP contribution >= 0.6 is 0 Å². The number of nitrogens with zero attached hydrogens (tertiary/aromatic N) is 4. The van der Waals surface area contributed by atoms with Gasteiger partial charge >= 0.3 is 6.03 Å². The molecule has 2 saturated heterocycles. The molecule has 3 rings (SSSR count). The number of H-pyrrole nitrogens is 1. The van der Waals surface area contributed by atoms with Crippen molar-refractivity contribution in [3.05, 3.63) is 22.2 Å². The maximum absolute atomic E-state index is 12.3. The lowest BCUT2D eigenvalue weighted by Gasteiger charge is -2.37. The summed E-state index contributed by atoms with van der Waals surface area (Å²) in [5.41, 5.74) is -0.113. The number of rotatable bonds is 3. The zero-order chi connectivity index (χ0) is 15.7. The lowest BCUT2D eigenvalue weighted by atomic mass is 10.0. The maximum Gasteiger partial charge on any atom is 0.320 e. The number of nitrogens with one attached hydrogen (secondary N) is 1. The molecule has 0 unspecified atom stereocenters. The van der Waals surface area contributed by atoms with E-state index < -0.39 is 0 Å². The molecule has 0 radical (unpaired) electrons. The van der Waals surface area contributed by atoms with Gasteiger partial charge in [-0.3, -0.25) is 4.79 Å². The number of amides is 2. The van der Waals surface area contributed by atoms with E-state index in [1.165, 1.54) is 0 Å². The zero-order valence-electron chi connectivity index (χ0n) is 13.2. The number of urea groups is 1. The van der Waals surface area contributed by atoms with Gasteiger partial charge in [-0.1, -0.05) is 0 Å². The van der Waals surface area contributed by atoms with Crippen molar-refractivity contribution >= 4 is 11.8 Å². The van der Waals surface area contributed by atoms with E-state index in [2.05, 4.69) is 14.9 Å². The van der Waals surface area contributed by atoms with E-state index in [9.17, 15) is 9.59 Å². The van der Waals surface area contributed by atoms with Gasteiger partial charge in [0.05, 0.1) is 0 Å². The van der Waals surface area contributed by atoms with Crippen molar-refractivity contribution in [2.24, 2.45) is 0 Å². The van der Waals surface area contributed by atoms with Crippen LogP contribution in [0.5, 0.6) is 0 Å². The Balaban J connectivity index is 1.63. The van der Waals surface area contributed by atoms with Gasteiger partial charge in [-0.25, -0.2) is 9.78 Å². The second-order valence-corrected chi connectivity index (χ2v) is 5.96. The third-order valence-corrected chi connectivity index (χ3v) is 4.58. The SMILES string of the molecule is CCN1CCN(C2CCN(c3cc(=O)[nH]c(C)n3)CC2)C1=O. The maximum atomic E-state index is 12.3. The van der Waals surface area contributed by atoms with Crippen LogP contribution in [0, 0.1) is 6.92 Å². The molecule has 2 fully saturated rings. The first kappa shape index (κ1) is 14.9. The highest BCUT2D eigenvalue weighted by Crippen LogP contribution is 2.23. The predicted octanol–water partition coefficient (Wildman–Crippen LogP) is 0.805. The largest absolute Gasteiger partial charge is 0.356 e. The van der Waals surface area contributed by atoms with Crippen molar-refractivity contribution in [1.29, 1.82) is 0 Å². The Morgan fingerprint density at radius 1 is 1.23 bits per heavy atom.